The van der Waals surface area contributed by atoms with Gasteiger partial charge >= 0.3 is 6.03 Å². The second kappa shape index (κ2) is 8.38. The van der Waals surface area contributed by atoms with Crippen LogP contribution in [0.2, 0.25) is 0 Å². The Bertz CT molecular complexity index is 499. The van der Waals surface area contributed by atoms with E-state index in [0.29, 0.717) is 0 Å². The zero-order chi connectivity index (χ0) is 16.7. The van der Waals surface area contributed by atoms with Crippen molar-refractivity contribution in [2.45, 2.75) is 26.4 Å². The number of amides is 3. The molecule has 2 atom stereocenters. The smallest absolute Gasteiger partial charge is 0.321 e. The molecule has 3 N–H and O–H groups in total. The number of benzene rings is 1. The zero-order valence-electron chi connectivity index (χ0n) is 14.1. The first-order chi connectivity index (χ1) is 10.4. The molecule has 0 aliphatic rings. The van der Waals surface area contributed by atoms with Gasteiger partial charge in [0.05, 0.1) is 6.54 Å². The van der Waals surface area contributed by atoms with Gasteiger partial charge < -0.3 is 15.1 Å². The summed E-state index contributed by atoms with van der Waals surface area (Å²) in [6, 6.07) is 7.52. The van der Waals surface area contributed by atoms with Crippen LogP contribution in [0, 0.1) is 0 Å². The lowest BCUT2D eigenvalue weighted by atomic mass is 10.1. The second-order valence-electron chi connectivity index (χ2n) is 5.54. The van der Waals surface area contributed by atoms with Crippen molar-refractivity contribution >= 4 is 17.6 Å². The normalized spacial score (nSPS) is 13.1. The number of hydrogen-bond acceptors (Lipinski definition) is 3. The first kappa shape index (κ1) is 18.0. The lowest BCUT2D eigenvalue weighted by Crippen LogP contribution is -3.15. The summed E-state index contributed by atoms with van der Waals surface area (Å²) in [7, 11) is 5.50. The van der Waals surface area contributed by atoms with Crippen molar-refractivity contribution in [3.8, 4) is 0 Å². The predicted octanol–water partition coefficient (Wildman–Crippen LogP) is 0.00150. The molecule has 1 unspecified atom stereocenters. The maximum Gasteiger partial charge on any atom is 0.321 e. The number of hydrogen-bond donors (Lipinski definition) is 3. The van der Waals surface area contributed by atoms with E-state index in [-0.39, 0.29) is 11.9 Å². The quantitative estimate of drug-likeness (QED) is 0.693. The highest BCUT2D eigenvalue weighted by Gasteiger charge is 2.25. The highest BCUT2D eigenvalue weighted by molar-refractivity contribution is 5.96. The van der Waals surface area contributed by atoms with Crippen molar-refractivity contribution in [1.82, 2.24) is 10.6 Å². The number of nitrogens with zero attached hydrogens (tertiary/aromatic N) is 1. The molecule has 0 aliphatic heterocycles. The first-order valence-corrected chi connectivity index (χ1v) is 7.52. The van der Waals surface area contributed by atoms with Crippen molar-refractivity contribution in [2.24, 2.45) is 0 Å². The Labute approximate surface area is 132 Å². The Hall–Kier alpha value is -2.08. The van der Waals surface area contributed by atoms with Gasteiger partial charge in [-0.05, 0) is 26.0 Å². The van der Waals surface area contributed by atoms with Crippen LogP contribution < -0.4 is 20.4 Å². The minimum Gasteiger partial charge on any atom is -0.378 e. The molecule has 6 heteroatoms. The van der Waals surface area contributed by atoms with Crippen molar-refractivity contribution in [1.29, 1.82) is 0 Å². The molecule has 1 rings (SSSR count). The second-order valence-corrected chi connectivity index (χ2v) is 5.54. The van der Waals surface area contributed by atoms with Crippen LogP contribution in [-0.2, 0) is 11.3 Å². The molecule has 0 spiro atoms. The van der Waals surface area contributed by atoms with Gasteiger partial charge in [0, 0.05) is 32.4 Å². The summed E-state index contributed by atoms with van der Waals surface area (Å²) in [5, 5.41) is 4.73. The van der Waals surface area contributed by atoms with Crippen LogP contribution in [0.3, 0.4) is 0 Å². The third-order valence-corrected chi connectivity index (χ3v) is 3.81. The molecule has 0 heterocycles. The summed E-state index contributed by atoms with van der Waals surface area (Å²) < 4.78 is 0. The molecule has 0 aliphatic carbocycles. The van der Waals surface area contributed by atoms with Gasteiger partial charge in [-0.15, -0.1) is 0 Å². The molecule has 122 valence electrons. The number of rotatable bonds is 6. The Kier molecular flexibility index (Phi) is 6.85. The largest absolute Gasteiger partial charge is 0.378 e. The van der Waals surface area contributed by atoms with Crippen molar-refractivity contribution < 1.29 is 14.5 Å². The van der Waals surface area contributed by atoms with Gasteiger partial charge in [0.2, 0.25) is 0 Å². The number of nitrogens with one attached hydrogen (secondary N) is 3. The van der Waals surface area contributed by atoms with Crippen LogP contribution >= 0.6 is 0 Å². The maximum atomic E-state index is 12.0. The summed E-state index contributed by atoms with van der Waals surface area (Å²) in [5.41, 5.74) is 2.31. The monoisotopic (exact) mass is 307 g/mol. The van der Waals surface area contributed by atoms with E-state index in [4.69, 9.17) is 0 Å². The van der Waals surface area contributed by atoms with Gasteiger partial charge in [0.25, 0.3) is 5.91 Å². The van der Waals surface area contributed by atoms with Crippen LogP contribution in [-0.4, -0.2) is 45.7 Å². The van der Waals surface area contributed by atoms with E-state index in [1.54, 1.807) is 0 Å². The average molecular weight is 307 g/mol. The molecule has 0 aromatic heterocycles. The number of quaternary nitrogens is 1. The van der Waals surface area contributed by atoms with Gasteiger partial charge in [-0.3, -0.25) is 10.1 Å². The fourth-order valence-corrected chi connectivity index (χ4v) is 2.23. The Morgan fingerprint density at radius 2 is 1.82 bits per heavy atom. The SMILES string of the molecule is CC[NH+](Cc1ccc(N(C)C)cc1)[C@@H](C)C(=O)NC(=O)NC. The standard InChI is InChI=1S/C16H26N4O2/c1-6-20(12(2)15(21)18-16(22)17-3)11-13-7-9-14(10-8-13)19(4)5/h7-10,12H,6,11H2,1-5H3,(H2,17,18,21,22)/p+1/t12-/m0/s1. The highest BCUT2D eigenvalue weighted by Crippen LogP contribution is 2.11. The topological polar surface area (TPSA) is 65.9 Å². The number of carbonyl (C=O) groups is 2. The molecule has 1 aromatic rings. The summed E-state index contributed by atoms with van der Waals surface area (Å²) in [4.78, 5) is 26.4. The number of likely N-dealkylation sites (N-methyl/N-ethyl adjacent to an activating group) is 1. The molecule has 3 amide bonds. The van der Waals surface area contributed by atoms with E-state index < -0.39 is 6.03 Å². The Balaban J connectivity index is 2.71. The van der Waals surface area contributed by atoms with Gasteiger partial charge in [0.1, 0.15) is 6.54 Å². The van der Waals surface area contributed by atoms with Crippen LogP contribution in [0.15, 0.2) is 24.3 Å². The third-order valence-electron chi connectivity index (χ3n) is 3.81. The Morgan fingerprint density at radius 1 is 1.23 bits per heavy atom. The van der Waals surface area contributed by atoms with E-state index in [0.717, 1.165) is 23.7 Å². The minimum atomic E-state index is -0.470. The van der Waals surface area contributed by atoms with E-state index >= 15 is 0 Å². The summed E-state index contributed by atoms with van der Waals surface area (Å²) in [6.07, 6.45) is 0. The summed E-state index contributed by atoms with van der Waals surface area (Å²) in [5.74, 6) is -0.263. The summed E-state index contributed by atoms with van der Waals surface area (Å²) >= 11 is 0. The molecular weight excluding hydrogens is 280 g/mol. The first-order valence-electron chi connectivity index (χ1n) is 7.52. The third kappa shape index (κ3) is 5.04. The molecule has 22 heavy (non-hydrogen) atoms. The van der Waals surface area contributed by atoms with Crippen molar-refractivity contribution in [3.63, 3.8) is 0 Å². The Morgan fingerprint density at radius 3 is 2.27 bits per heavy atom. The number of carbonyl (C=O) groups excluding carboxylic acids is 2. The number of imide groups is 1. The minimum absolute atomic E-state index is 0.263. The van der Waals surface area contributed by atoms with Crippen LogP contribution in [0.4, 0.5) is 10.5 Å². The van der Waals surface area contributed by atoms with Crippen LogP contribution in [0.5, 0.6) is 0 Å². The molecule has 0 radical (unpaired) electrons. The lowest BCUT2D eigenvalue weighted by molar-refractivity contribution is -0.926. The lowest BCUT2D eigenvalue weighted by Gasteiger charge is -2.24. The zero-order valence-corrected chi connectivity index (χ0v) is 14.1. The van der Waals surface area contributed by atoms with Gasteiger partial charge in [0.15, 0.2) is 6.04 Å². The molecule has 6 nitrogen and oxygen atoms in total. The van der Waals surface area contributed by atoms with Crippen LogP contribution in [0.1, 0.15) is 19.4 Å². The molecule has 0 fully saturated rings. The van der Waals surface area contributed by atoms with E-state index in [2.05, 4.69) is 34.9 Å². The van der Waals surface area contributed by atoms with E-state index in [1.165, 1.54) is 12.6 Å². The van der Waals surface area contributed by atoms with Crippen LogP contribution in [0.25, 0.3) is 0 Å². The number of anilines is 1. The number of urea groups is 1. The molecule has 1 aromatic carbocycles. The molecule has 0 saturated heterocycles. The molecule has 0 bridgehead atoms. The van der Waals surface area contributed by atoms with Gasteiger partial charge in [-0.2, -0.15) is 0 Å². The predicted molar refractivity (Wildman–Crippen MR) is 88.0 cm³/mol. The highest BCUT2D eigenvalue weighted by atomic mass is 16.2. The average Bonchev–Trinajstić information content (AvgIpc) is 2.52. The fraction of sp³-hybridized carbons (Fsp3) is 0.500. The van der Waals surface area contributed by atoms with Gasteiger partial charge in [-0.1, -0.05) is 12.1 Å². The van der Waals surface area contributed by atoms with E-state index in [1.807, 2.05) is 32.8 Å². The van der Waals surface area contributed by atoms with Gasteiger partial charge in [-0.25, -0.2) is 4.79 Å². The maximum absolute atomic E-state index is 12.0. The molecular formula is C16H27N4O2+. The van der Waals surface area contributed by atoms with Crippen molar-refractivity contribution in [2.75, 3.05) is 32.6 Å². The van der Waals surface area contributed by atoms with Crippen molar-refractivity contribution in [3.05, 3.63) is 29.8 Å². The summed E-state index contributed by atoms with van der Waals surface area (Å²) in [6.45, 7) is 5.42. The van der Waals surface area contributed by atoms with E-state index in [9.17, 15) is 9.59 Å². The fourth-order valence-electron chi connectivity index (χ4n) is 2.23. The molecule has 0 saturated carbocycles.